The van der Waals surface area contributed by atoms with Gasteiger partial charge in [-0.15, -0.1) is 0 Å². The zero-order valence-electron chi connectivity index (χ0n) is 14.8. The lowest BCUT2D eigenvalue weighted by Gasteiger charge is -2.16. The lowest BCUT2D eigenvalue weighted by Crippen LogP contribution is -2.28. The minimum atomic E-state index is -0.150. The maximum atomic E-state index is 12.9. The maximum absolute atomic E-state index is 12.9. The van der Waals surface area contributed by atoms with Crippen LogP contribution in [0.25, 0.3) is 6.08 Å². The smallest absolute Gasteiger partial charge is 0.270 e. The van der Waals surface area contributed by atoms with E-state index in [0.29, 0.717) is 20.7 Å². The highest BCUT2D eigenvalue weighted by Crippen LogP contribution is 2.38. The molecule has 0 radical (unpaired) electrons. The number of carbonyl (C=O) groups excluding carboxylic acids is 1. The molecule has 0 saturated carbocycles. The maximum Gasteiger partial charge on any atom is 0.270 e. The number of anilines is 1. The molecule has 136 valence electrons. The van der Waals surface area contributed by atoms with Crippen LogP contribution in [0.2, 0.25) is 0 Å². The number of nitriles is 1. The molecule has 0 atom stereocenters. The number of hydrogen-bond donors (Lipinski definition) is 0. The van der Waals surface area contributed by atoms with Crippen molar-refractivity contribution in [3.8, 4) is 17.6 Å². The molecular formula is C20H16N2O3S2. The van der Waals surface area contributed by atoms with Crippen molar-refractivity contribution >= 4 is 46.0 Å². The lowest BCUT2D eigenvalue weighted by molar-refractivity contribution is -0.113. The number of carbonyl (C=O) groups is 1. The number of ether oxygens (including phenoxy) is 2. The second kappa shape index (κ2) is 8.25. The van der Waals surface area contributed by atoms with E-state index in [9.17, 15) is 4.79 Å². The Kier molecular flexibility index (Phi) is 5.79. The second-order valence-corrected chi connectivity index (χ2v) is 7.34. The summed E-state index contributed by atoms with van der Waals surface area (Å²) in [6.07, 6.45) is 1.77. The highest BCUT2D eigenvalue weighted by Gasteiger charge is 2.33. The molecular weight excluding hydrogens is 380 g/mol. The third-order valence-corrected chi connectivity index (χ3v) is 5.23. The van der Waals surface area contributed by atoms with Crippen LogP contribution in [0.3, 0.4) is 0 Å². The van der Waals surface area contributed by atoms with Gasteiger partial charge in [0.05, 0.1) is 17.7 Å². The highest BCUT2D eigenvalue weighted by atomic mass is 32.2. The molecule has 1 saturated heterocycles. The van der Waals surface area contributed by atoms with Crippen LogP contribution in [0, 0.1) is 18.3 Å². The molecule has 0 bridgehead atoms. The van der Waals surface area contributed by atoms with Gasteiger partial charge in [0.1, 0.15) is 6.07 Å². The van der Waals surface area contributed by atoms with Crippen molar-refractivity contribution < 1.29 is 14.3 Å². The van der Waals surface area contributed by atoms with Crippen molar-refractivity contribution in [2.45, 2.75) is 6.92 Å². The lowest BCUT2D eigenvalue weighted by atomic mass is 10.1. The minimum Gasteiger partial charge on any atom is -0.493 e. The number of rotatable bonds is 5. The van der Waals surface area contributed by atoms with E-state index < -0.39 is 0 Å². The van der Waals surface area contributed by atoms with E-state index in [1.165, 1.54) is 18.9 Å². The van der Waals surface area contributed by atoms with Crippen LogP contribution in [0.4, 0.5) is 5.69 Å². The molecule has 1 amide bonds. The first-order chi connectivity index (χ1) is 13.0. The molecule has 1 fully saturated rings. The number of hydrogen-bond acceptors (Lipinski definition) is 6. The summed E-state index contributed by atoms with van der Waals surface area (Å²) in [5.41, 5.74) is 2.55. The van der Waals surface area contributed by atoms with Crippen LogP contribution in [0.5, 0.6) is 11.5 Å². The van der Waals surface area contributed by atoms with Crippen molar-refractivity contribution in [3.05, 3.63) is 58.5 Å². The van der Waals surface area contributed by atoms with Gasteiger partial charge in [-0.2, -0.15) is 5.26 Å². The van der Waals surface area contributed by atoms with E-state index in [2.05, 4.69) is 0 Å². The quantitative estimate of drug-likeness (QED) is 0.554. The summed E-state index contributed by atoms with van der Waals surface area (Å²) in [4.78, 5) is 15.0. The summed E-state index contributed by atoms with van der Waals surface area (Å²) in [7, 11) is 1.52. The van der Waals surface area contributed by atoms with Crippen LogP contribution in [-0.2, 0) is 4.79 Å². The normalized spacial score (nSPS) is 15.1. The monoisotopic (exact) mass is 396 g/mol. The van der Waals surface area contributed by atoms with E-state index in [1.54, 1.807) is 29.2 Å². The molecule has 2 aromatic carbocycles. The number of para-hydroxylation sites is 1. The average molecular weight is 396 g/mol. The van der Waals surface area contributed by atoms with Crippen molar-refractivity contribution in [1.29, 1.82) is 5.26 Å². The summed E-state index contributed by atoms with van der Waals surface area (Å²) in [5, 5.41) is 8.65. The third kappa shape index (κ3) is 3.97. The zero-order valence-corrected chi connectivity index (χ0v) is 16.4. The van der Waals surface area contributed by atoms with E-state index in [-0.39, 0.29) is 12.5 Å². The number of amides is 1. The van der Waals surface area contributed by atoms with Gasteiger partial charge in [-0.05, 0) is 42.3 Å². The molecule has 7 heteroatoms. The number of benzene rings is 2. The van der Waals surface area contributed by atoms with Gasteiger partial charge in [0, 0.05) is 0 Å². The van der Waals surface area contributed by atoms with Gasteiger partial charge in [-0.3, -0.25) is 9.69 Å². The number of thioether (sulfide) groups is 1. The number of thiocarbonyl (C=S) groups is 1. The molecule has 0 spiro atoms. The molecule has 0 aliphatic carbocycles. The van der Waals surface area contributed by atoms with Gasteiger partial charge < -0.3 is 9.47 Å². The molecule has 1 aliphatic rings. The molecule has 1 heterocycles. The molecule has 27 heavy (non-hydrogen) atoms. The summed E-state index contributed by atoms with van der Waals surface area (Å²) in [6.45, 7) is 1.88. The SMILES string of the molecule is COc1cc(/C=C2\SC(=S)N(c3ccccc3C)C2=O)ccc1OCC#N. The first-order valence-corrected chi connectivity index (χ1v) is 9.29. The van der Waals surface area contributed by atoms with E-state index >= 15 is 0 Å². The Bertz CT molecular complexity index is 979. The van der Waals surface area contributed by atoms with E-state index in [4.69, 9.17) is 27.0 Å². The molecule has 0 N–H and O–H groups in total. The number of nitrogens with zero attached hydrogens (tertiary/aromatic N) is 2. The minimum absolute atomic E-state index is 0.0647. The molecule has 3 rings (SSSR count). The Morgan fingerprint density at radius 3 is 2.74 bits per heavy atom. The highest BCUT2D eigenvalue weighted by molar-refractivity contribution is 8.27. The van der Waals surface area contributed by atoms with Gasteiger partial charge in [-0.1, -0.05) is 48.2 Å². The van der Waals surface area contributed by atoms with E-state index in [0.717, 1.165) is 16.8 Å². The summed E-state index contributed by atoms with van der Waals surface area (Å²) in [5.74, 6) is 0.820. The molecule has 0 aromatic heterocycles. The largest absolute Gasteiger partial charge is 0.493 e. The second-order valence-electron chi connectivity index (χ2n) is 5.66. The molecule has 0 unspecified atom stereocenters. The van der Waals surface area contributed by atoms with Crippen LogP contribution in [0.15, 0.2) is 47.4 Å². The van der Waals surface area contributed by atoms with Crippen molar-refractivity contribution in [1.82, 2.24) is 0 Å². The first kappa shape index (κ1) is 19.0. The van der Waals surface area contributed by atoms with Gasteiger partial charge in [0.25, 0.3) is 5.91 Å². The molecule has 2 aromatic rings. The fourth-order valence-electron chi connectivity index (χ4n) is 2.64. The third-order valence-electron chi connectivity index (χ3n) is 3.93. The fourth-order valence-corrected chi connectivity index (χ4v) is 3.93. The topological polar surface area (TPSA) is 62.6 Å². The Labute approximate surface area is 167 Å². The van der Waals surface area contributed by atoms with Crippen LogP contribution in [-0.4, -0.2) is 23.9 Å². The van der Waals surface area contributed by atoms with Gasteiger partial charge >= 0.3 is 0 Å². The first-order valence-electron chi connectivity index (χ1n) is 8.06. The predicted molar refractivity (Wildman–Crippen MR) is 111 cm³/mol. The van der Waals surface area contributed by atoms with Crippen molar-refractivity contribution in [2.24, 2.45) is 0 Å². The van der Waals surface area contributed by atoms with Gasteiger partial charge in [0.15, 0.2) is 22.4 Å². The standard InChI is InChI=1S/C20H16N2O3S2/c1-13-5-3-4-6-15(13)22-19(23)18(27-20(22)26)12-14-7-8-16(25-10-9-21)17(11-14)24-2/h3-8,11-12H,10H2,1-2H3/b18-12-. The average Bonchev–Trinajstić information content (AvgIpc) is 2.94. The van der Waals surface area contributed by atoms with Gasteiger partial charge in [0.2, 0.25) is 0 Å². The number of methoxy groups -OCH3 is 1. The molecule has 1 aliphatic heterocycles. The summed E-state index contributed by atoms with van der Waals surface area (Å²) < 4.78 is 11.1. The Morgan fingerprint density at radius 2 is 2.04 bits per heavy atom. The Morgan fingerprint density at radius 1 is 1.26 bits per heavy atom. The van der Waals surface area contributed by atoms with Crippen LogP contribution < -0.4 is 14.4 Å². The van der Waals surface area contributed by atoms with Gasteiger partial charge in [-0.25, -0.2) is 0 Å². The fraction of sp³-hybridized carbons (Fsp3) is 0.150. The van der Waals surface area contributed by atoms with E-state index in [1.807, 2.05) is 37.3 Å². The van der Waals surface area contributed by atoms with Crippen LogP contribution >= 0.6 is 24.0 Å². The predicted octanol–water partition coefficient (Wildman–Crippen LogP) is 4.31. The Hall–Kier alpha value is -2.82. The molecule has 5 nitrogen and oxygen atoms in total. The zero-order chi connectivity index (χ0) is 19.4. The van der Waals surface area contributed by atoms with Crippen LogP contribution in [0.1, 0.15) is 11.1 Å². The Balaban J connectivity index is 1.90. The summed E-state index contributed by atoms with van der Waals surface area (Å²) >= 11 is 6.69. The summed E-state index contributed by atoms with van der Waals surface area (Å²) in [6, 6.07) is 14.8. The van der Waals surface area contributed by atoms with Crippen molar-refractivity contribution in [2.75, 3.05) is 18.6 Å². The number of aryl methyl sites for hydroxylation is 1. The van der Waals surface area contributed by atoms with Crippen molar-refractivity contribution in [3.63, 3.8) is 0 Å².